The third kappa shape index (κ3) is 2.09. The van der Waals surface area contributed by atoms with Crippen molar-refractivity contribution >= 4 is 0 Å². The lowest BCUT2D eigenvalue weighted by atomic mass is 9.75. The maximum Gasteiger partial charge on any atom is 0.0936 e. The molecule has 18 heavy (non-hydrogen) atoms. The fraction of sp³-hybridized carbons (Fsp3) is 1.00. The van der Waals surface area contributed by atoms with Crippen molar-refractivity contribution in [2.75, 3.05) is 6.61 Å². The summed E-state index contributed by atoms with van der Waals surface area (Å²) in [5.74, 6) is 0.792. The second kappa shape index (κ2) is 4.75. The Balaban J connectivity index is 1.57. The predicted octanol–water partition coefficient (Wildman–Crippen LogP) is 0.828. The van der Waals surface area contributed by atoms with Gasteiger partial charge in [0.15, 0.2) is 0 Å². The molecule has 0 aromatic rings. The summed E-state index contributed by atoms with van der Waals surface area (Å²) in [7, 11) is 0. The number of aliphatic hydroxyl groups excluding tert-OH is 2. The van der Waals surface area contributed by atoms with E-state index in [2.05, 4.69) is 0 Å². The molecular formula is C14H24O4. The van der Waals surface area contributed by atoms with Crippen molar-refractivity contribution in [2.45, 2.75) is 68.9 Å². The van der Waals surface area contributed by atoms with Crippen LogP contribution in [0.15, 0.2) is 0 Å². The standard InChI is InChI=1S/C14H24O4/c15-12-6-11(7-13(12)16)18-8-14(17)9-2-1-3-10(14)5-4-9/h9-13,15-17H,1-8H2/t9-,10?,11-,12+,13-,14+/m1/s1. The van der Waals surface area contributed by atoms with Gasteiger partial charge in [-0.1, -0.05) is 6.42 Å². The van der Waals surface area contributed by atoms with Gasteiger partial charge in [-0.2, -0.15) is 0 Å². The van der Waals surface area contributed by atoms with Gasteiger partial charge in [0.25, 0.3) is 0 Å². The highest BCUT2D eigenvalue weighted by atomic mass is 16.5. The molecule has 6 atom stereocenters. The van der Waals surface area contributed by atoms with Gasteiger partial charge in [-0.3, -0.25) is 0 Å². The van der Waals surface area contributed by atoms with E-state index < -0.39 is 17.8 Å². The normalized spacial score (nSPS) is 51.8. The van der Waals surface area contributed by atoms with E-state index in [1.54, 1.807) is 0 Å². The average molecular weight is 256 g/mol. The first-order valence-corrected chi connectivity index (χ1v) is 7.29. The Hall–Kier alpha value is -0.160. The van der Waals surface area contributed by atoms with Crippen LogP contribution in [0.5, 0.6) is 0 Å². The third-order valence-electron chi connectivity index (χ3n) is 5.39. The molecule has 3 N–H and O–H groups in total. The molecule has 0 aliphatic heterocycles. The van der Waals surface area contributed by atoms with E-state index >= 15 is 0 Å². The summed E-state index contributed by atoms with van der Waals surface area (Å²) in [6.45, 7) is 0.381. The van der Waals surface area contributed by atoms with Gasteiger partial charge in [0.1, 0.15) is 0 Å². The Morgan fingerprint density at radius 3 is 2.06 bits per heavy atom. The van der Waals surface area contributed by atoms with E-state index in [0.717, 1.165) is 25.7 Å². The van der Waals surface area contributed by atoms with Gasteiger partial charge >= 0.3 is 0 Å². The molecule has 4 heteroatoms. The summed E-state index contributed by atoms with van der Waals surface area (Å²) in [4.78, 5) is 0. The third-order valence-corrected chi connectivity index (χ3v) is 5.39. The van der Waals surface area contributed by atoms with Crippen LogP contribution < -0.4 is 0 Å². The molecular weight excluding hydrogens is 232 g/mol. The van der Waals surface area contributed by atoms with Crippen molar-refractivity contribution in [1.29, 1.82) is 0 Å². The SMILES string of the molecule is O[C@@H]1C[C@H](OC[C@@]2(O)C3CCC[C@@H]2CC3)C[C@@H]1O. The lowest BCUT2D eigenvalue weighted by molar-refractivity contribution is -0.130. The van der Waals surface area contributed by atoms with E-state index in [1.165, 1.54) is 6.42 Å². The smallest absolute Gasteiger partial charge is 0.0936 e. The number of rotatable bonds is 3. The van der Waals surface area contributed by atoms with Crippen molar-refractivity contribution < 1.29 is 20.1 Å². The molecule has 4 nitrogen and oxygen atoms in total. The molecule has 0 amide bonds. The summed E-state index contributed by atoms with van der Waals surface area (Å²) in [5.41, 5.74) is -0.642. The van der Waals surface area contributed by atoms with Crippen LogP contribution in [0.1, 0.15) is 44.9 Å². The Labute approximate surface area is 108 Å². The minimum Gasteiger partial charge on any atom is -0.390 e. The summed E-state index contributed by atoms with van der Waals surface area (Å²) >= 11 is 0. The molecule has 0 heterocycles. The topological polar surface area (TPSA) is 69.9 Å². The number of hydrogen-bond acceptors (Lipinski definition) is 4. The minimum absolute atomic E-state index is 0.0969. The number of fused-ring (bicyclic) bond motifs is 2. The van der Waals surface area contributed by atoms with Crippen LogP contribution in [0.4, 0.5) is 0 Å². The number of ether oxygens (including phenoxy) is 1. The Morgan fingerprint density at radius 1 is 0.944 bits per heavy atom. The van der Waals surface area contributed by atoms with Gasteiger partial charge in [-0.25, -0.2) is 0 Å². The molecule has 0 aromatic heterocycles. The van der Waals surface area contributed by atoms with Crippen LogP contribution in [-0.4, -0.2) is 45.8 Å². The summed E-state index contributed by atoms with van der Waals surface area (Å²) in [6, 6.07) is 0. The van der Waals surface area contributed by atoms with Gasteiger partial charge in [-0.15, -0.1) is 0 Å². The largest absolute Gasteiger partial charge is 0.390 e. The fourth-order valence-corrected chi connectivity index (χ4v) is 4.21. The maximum atomic E-state index is 10.8. The Morgan fingerprint density at radius 2 is 1.50 bits per heavy atom. The van der Waals surface area contributed by atoms with Crippen molar-refractivity contribution in [3.05, 3.63) is 0 Å². The molecule has 1 unspecified atom stereocenters. The lowest BCUT2D eigenvalue weighted by Crippen LogP contribution is -2.47. The lowest BCUT2D eigenvalue weighted by Gasteiger charge is -2.39. The van der Waals surface area contributed by atoms with Crippen molar-refractivity contribution in [3.63, 3.8) is 0 Å². The van der Waals surface area contributed by atoms with Gasteiger partial charge in [0.05, 0.1) is 30.5 Å². The molecule has 3 aliphatic rings. The van der Waals surface area contributed by atoms with E-state index in [-0.39, 0.29) is 6.10 Å². The monoisotopic (exact) mass is 256 g/mol. The zero-order valence-electron chi connectivity index (χ0n) is 10.8. The van der Waals surface area contributed by atoms with Crippen LogP contribution in [0.25, 0.3) is 0 Å². The molecule has 0 saturated heterocycles. The average Bonchev–Trinajstić information content (AvgIpc) is 2.72. The zero-order chi connectivity index (χ0) is 12.8. The molecule has 3 aliphatic carbocycles. The summed E-state index contributed by atoms with van der Waals surface area (Å²) < 4.78 is 5.80. The number of hydrogen-bond donors (Lipinski definition) is 3. The van der Waals surface area contributed by atoms with Crippen LogP contribution in [0, 0.1) is 11.8 Å². The molecule has 3 rings (SSSR count). The molecule has 2 bridgehead atoms. The van der Waals surface area contributed by atoms with Crippen molar-refractivity contribution in [3.8, 4) is 0 Å². The highest BCUT2D eigenvalue weighted by Crippen LogP contribution is 2.50. The van der Waals surface area contributed by atoms with E-state index in [4.69, 9.17) is 4.74 Å². The quantitative estimate of drug-likeness (QED) is 0.699. The second-order valence-corrected chi connectivity index (χ2v) is 6.43. The van der Waals surface area contributed by atoms with E-state index in [0.29, 0.717) is 31.3 Å². The fourth-order valence-electron chi connectivity index (χ4n) is 4.21. The van der Waals surface area contributed by atoms with Crippen molar-refractivity contribution in [2.24, 2.45) is 11.8 Å². The van der Waals surface area contributed by atoms with Gasteiger partial charge in [-0.05, 0) is 37.5 Å². The highest BCUT2D eigenvalue weighted by molar-refractivity contribution is 5.01. The van der Waals surface area contributed by atoms with Crippen LogP contribution in [-0.2, 0) is 4.74 Å². The van der Waals surface area contributed by atoms with Crippen LogP contribution >= 0.6 is 0 Å². The predicted molar refractivity (Wildman–Crippen MR) is 66.0 cm³/mol. The summed E-state index contributed by atoms with van der Waals surface area (Å²) in [6.07, 6.45) is 5.29. The molecule has 3 fully saturated rings. The van der Waals surface area contributed by atoms with Crippen LogP contribution in [0.2, 0.25) is 0 Å². The van der Waals surface area contributed by atoms with Crippen LogP contribution in [0.3, 0.4) is 0 Å². The van der Waals surface area contributed by atoms with Gasteiger partial charge in [0.2, 0.25) is 0 Å². The molecule has 3 saturated carbocycles. The van der Waals surface area contributed by atoms with Gasteiger partial charge < -0.3 is 20.1 Å². The van der Waals surface area contributed by atoms with Crippen molar-refractivity contribution in [1.82, 2.24) is 0 Å². The van der Waals surface area contributed by atoms with E-state index in [1.807, 2.05) is 0 Å². The molecule has 0 radical (unpaired) electrons. The minimum atomic E-state index is -0.660. The molecule has 104 valence electrons. The highest BCUT2D eigenvalue weighted by Gasteiger charge is 2.51. The second-order valence-electron chi connectivity index (χ2n) is 6.43. The Bertz CT molecular complexity index is 280. The first-order chi connectivity index (χ1) is 8.59. The maximum absolute atomic E-state index is 10.8. The van der Waals surface area contributed by atoms with E-state index in [9.17, 15) is 15.3 Å². The summed E-state index contributed by atoms with van der Waals surface area (Å²) in [5, 5.41) is 29.8. The first kappa shape index (κ1) is 12.9. The van der Waals surface area contributed by atoms with Gasteiger partial charge in [0, 0.05) is 12.8 Å². The zero-order valence-corrected chi connectivity index (χ0v) is 10.8. The first-order valence-electron chi connectivity index (χ1n) is 7.29. The number of aliphatic hydroxyl groups is 3. The Kier molecular flexibility index (Phi) is 3.39. The molecule has 0 spiro atoms. The molecule has 0 aromatic carbocycles.